The summed E-state index contributed by atoms with van der Waals surface area (Å²) in [6.45, 7) is 9.88. The monoisotopic (exact) mass is 179 g/mol. The summed E-state index contributed by atoms with van der Waals surface area (Å²) < 4.78 is 2.07. The van der Waals surface area contributed by atoms with Crippen LogP contribution in [0.3, 0.4) is 0 Å². The van der Waals surface area contributed by atoms with Gasteiger partial charge in [0.2, 0.25) is 0 Å². The zero-order valence-electron chi connectivity index (χ0n) is 9.04. The van der Waals surface area contributed by atoms with E-state index in [0.717, 1.165) is 12.5 Å². The van der Waals surface area contributed by atoms with E-state index in [9.17, 15) is 0 Å². The lowest BCUT2D eigenvalue weighted by molar-refractivity contribution is 0.469. The first-order valence-corrected chi connectivity index (χ1v) is 5.05. The standard InChI is InChI=1S/C11H19N2/c1-9(2)6-8-13-11(10(3)4)5-7-12-13/h5,9-10H,6,8H2,1-4H3. The lowest BCUT2D eigenvalue weighted by Gasteiger charge is -2.11. The summed E-state index contributed by atoms with van der Waals surface area (Å²) >= 11 is 0. The lowest BCUT2D eigenvalue weighted by Crippen LogP contribution is -2.08. The summed E-state index contributed by atoms with van der Waals surface area (Å²) in [5, 5.41) is 4.20. The molecule has 0 bridgehead atoms. The van der Waals surface area contributed by atoms with Crippen molar-refractivity contribution < 1.29 is 0 Å². The van der Waals surface area contributed by atoms with Gasteiger partial charge in [0.25, 0.3) is 0 Å². The molecule has 1 heterocycles. The first-order valence-electron chi connectivity index (χ1n) is 5.05. The highest BCUT2D eigenvalue weighted by atomic mass is 15.3. The molecule has 0 atom stereocenters. The maximum atomic E-state index is 4.20. The van der Waals surface area contributed by atoms with E-state index in [0.29, 0.717) is 5.92 Å². The molecule has 0 aliphatic carbocycles. The Morgan fingerprint density at radius 2 is 2.08 bits per heavy atom. The Kier molecular flexibility index (Phi) is 3.52. The first-order chi connectivity index (χ1) is 6.11. The highest BCUT2D eigenvalue weighted by Gasteiger charge is 2.06. The van der Waals surface area contributed by atoms with E-state index in [4.69, 9.17) is 0 Å². The second kappa shape index (κ2) is 4.45. The van der Waals surface area contributed by atoms with Crippen molar-refractivity contribution in [3.05, 3.63) is 18.0 Å². The van der Waals surface area contributed by atoms with Crippen LogP contribution in [-0.2, 0) is 6.54 Å². The molecular weight excluding hydrogens is 160 g/mol. The smallest absolute Gasteiger partial charge is 0.113 e. The topological polar surface area (TPSA) is 17.8 Å². The predicted octanol–water partition coefficient (Wildman–Crippen LogP) is 2.85. The van der Waals surface area contributed by atoms with Crippen molar-refractivity contribution in [2.24, 2.45) is 5.92 Å². The molecule has 1 aromatic rings. The molecule has 1 aromatic heterocycles. The van der Waals surface area contributed by atoms with E-state index in [2.05, 4.69) is 43.7 Å². The van der Waals surface area contributed by atoms with Gasteiger partial charge in [0.1, 0.15) is 6.20 Å². The average Bonchev–Trinajstić information content (AvgIpc) is 2.47. The summed E-state index contributed by atoms with van der Waals surface area (Å²) in [4.78, 5) is 0. The Balaban J connectivity index is 2.60. The molecule has 1 rings (SSSR count). The molecule has 73 valence electrons. The molecule has 13 heavy (non-hydrogen) atoms. The number of aryl methyl sites for hydroxylation is 1. The number of rotatable bonds is 4. The molecule has 0 saturated carbocycles. The maximum Gasteiger partial charge on any atom is 0.113 e. The molecule has 1 radical (unpaired) electrons. The molecule has 0 saturated heterocycles. The van der Waals surface area contributed by atoms with Crippen LogP contribution >= 0.6 is 0 Å². The molecule has 0 N–H and O–H groups in total. The van der Waals surface area contributed by atoms with Crippen LogP contribution in [-0.4, -0.2) is 9.78 Å². The quantitative estimate of drug-likeness (QED) is 0.695. The van der Waals surface area contributed by atoms with Crippen LogP contribution in [0.15, 0.2) is 6.07 Å². The normalized spacial score (nSPS) is 11.5. The van der Waals surface area contributed by atoms with Gasteiger partial charge in [-0.05, 0) is 24.3 Å². The highest BCUT2D eigenvalue weighted by Crippen LogP contribution is 2.14. The number of hydrogen-bond donors (Lipinski definition) is 0. The SMILES string of the molecule is CC(C)CCn1n[c]cc1C(C)C. The van der Waals surface area contributed by atoms with Gasteiger partial charge < -0.3 is 0 Å². The van der Waals surface area contributed by atoms with Crippen molar-refractivity contribution in [1.29, 1.82) is 0 Å². The Labute approximate surface area is 81.0 Å². The number of nitrogens with zero attached hydrogens (tertiary/aromatic N) is 2. The van der Waals surface area contributed by atoms with E-state index in [-0.39, 0.29) is 0 Å². The molecule has 0 aliphatic rings. The summed E-state index contributed by atoms with van der Waals surface area (Å²) in [6, 6.07) is 1.99. The van der Waals surface area contributed by atoms with Gasteiger partial charge in [0.05, 0.1) is 0 Å². The van der Waals surface area contributed by atoms with Crippen LogP contribution < -0.4 is 0 Å². The van der Waals surface area contributed by atoms with E-state index in [1.807, 2.05) is 6.07 Å². The van der Waals surface area contributed by atoms with Crippen molar-refractivity contribution in [2.75, 3.05) is 0 Å². The Hall–Kier alpha value is -0.790. The van der Waals surface area contributed by atoms with Crippen molar-refractivity contribution in [1.82, 2.24) is 9.78 Å². The van der Waals surface area contributed by atoms with Gasteiger partial charge >= 0.3 is 0 Å². The molecular formula is C11H19N2. The van der Waals surface area contributed by atoms with Crippen molar-refractivity contribution in [3.8, 4) is 0 Å². The third-order valence-electron chi connectivity index (χ3n) is 2.20. The van der Waals surface area contributed by atoms with Crippen LogP contribution in [0.1, 0.15) is 45.7 Å². The molecule has 2 nitrogen and oxygen atoms in total. The predicted molar refractivity (Wildman–Crippen MR) is 54.6 cm³/mol. The van der Waals surface area contributed by atoms with Gasteiger partial charge in [-0.15, -0.1) is 0 Å². The number of hydrogen-bond acceptors (Lipinski definition) is 1. The zero-order chi connectivity index (χ0) is 9.84. The Bertz CT molecular complexity index is 248. The summed E-state index contributed by atoms with van der Waals surface area (Å²) in [6.07, 6.45) is 4.11. The van der Waals surface area contributed by atoms with E-state index in [1.165, 1.54) is 12.1 Å². The minimum absolute atomic E-state index is 0.547. The first kappa shape index (κ1) is 10.3. The van der Waals surface area contributed by atoms with Gasteiger partial charge in [-0.25, -0.2) is 0 Å². The van der Waals surface area contributed by atoms with Crippen molar-refractivity contribution in [3.63, 3.8) is 0 Å². The van der Waals surface area contributed by atoms with Crippen LogP contribution in [0.25, 0.3) is 0 Å². The molecule has 2 heteroatoms. The third-order valence-corrected chi connectivity index (χ3v) is 2.20. The zero-order valence-corrected chi connectivity index (χ0v) is 9.04. The molecule has 0 fully saturated rings. The molecule has 0 spiro atoms. The van der Waals surface area contributed by atoms with E-state index in [1.54, 1.807) is 0 Å². The summed E-state index contributed by atoms with van der Waals surface area (Å²) in [5.74, 6) is 1.29. The number of aromatic nitrogens is 2. The summed E-state index contributed by atoms with van der Waals surface area (Å²) in [7, 11) is 0. The molecule has 0 amide bonds. The average molecular weight is 179 g/mol. The highest BCUT2D eigenvalue weighted by molar-refractivity contribution is 5.04. The van der Waals surface area contributed by atoms with Gasteiger partial charge in [-0.3, -0.25) is 4.68 Å². The van der Waals surface area contributed by atoms with Gasteiger partial charge in [-0.1, -0.05) is 27.7 Å². The Morgan fingerprint density at radius 3 is 2.62 bits per heavy atom. The molecule has 0 aromatic carbocycles. The minimum atomic E-state index is 0.547. The van der Waals surface area contributed by atoms with Crippen LogP contribution in [0.2, 0.25) is 0 Å². The van der Waals surface area contributed by atoms with Gasteiger partial charge in [-0.2, -0.15) is 5.10 Å². The molecule has 0 unspecified atom stereocenters. The minimum Gasteiger partial charge on any atom is -0.269 e. The van der Waals surface area contributed by atoms with Crippen LogP contribution in [0, 0.1) is 12.1 Å². The lowest BCUT2D eigenvalue weighted by atomic mass is 10.1. The molecule has 0 aliphatic heterocycles. The fourth-order valence-corrected chi connectivity index (χ4v) is 1.32. The van der Waals surface area contributed by atoms with Crippen molar-refractivity contribution >= 4 is 0 Å². The third kappa shape index (κ3) is 2.87. The van der Waals surface area contributed by atoms with Crippen LogP contribution in [0.4, 0.5) is 0 Å². The fraction of sp³-hybridized carbons (Fsp3) is 0.727. The summed E-state index contributed by atoms with van der Waals surface area (Å²) in [5.41, 5.74) is 1.29. The largest absolute Gasteiger partial charge is 0.269 e. The van der Waals surface area contributed by atoms with Gasteiger partial charge in [0.15, 0.2) is 0 Å². The second-order valence-corrected chi connectivity index (χ2v) is 4.26. The van der Waals surface area contributed by atoms with E-state index >= 15 is 0 Å². The Morgan fingerprint density at radius 1 is 1.38 bits per heavy atom. The second-order valence-electron chi connectivity index (χ2n) is 4.26. The van der Waals surface area contributed by atoms with Crippen LogP contribution in [0.5, 0.6) is 0 Å². The van der Waals surface area contributed by atoms with E-state index < -0.39 is 0 Å². The fourth-order valence-electron chi connectivity index (χ4n) is 1.32. The van der Waals surface area contributed by atoms with Crippen molar-refractivity contribution in [2.45, 2.75) is 46.6 Å². The maximum absolute atomic E-state index is 4.20. The van der Waals surface area contributed by atoms with Gasteiger partial charge in [0, 0.05) is 12.2 Å².